The Hall–Kier alpha value is -3.36. The van der Waals surface area contributed by atoms with E-state index in [9.17, 15) is 18.0 Å². The largest absolute Gasteiger partial charge is 0.352 e. The number of aryl methyl sites for hydroxylation is 2. The average Bonchev–Trinajstić information content (AvgIpc) is 2.86. The Morgan fingerprint density at radius 1 is 0.923 bits per heavy atom. The molecule has 7 nitrogen and oxygen atoms in total. The van der Waals surface area contributed by atoms with Crippen molar-refractivity contribution in [2.75, 3.05) is 17.1 Å². The molecule has 3 aromatic carbocycles. The van der Waals surface area contributed by atoms with Gasteiger partial charge >= 0.3 is 0 Å². The highest BCUT2D eigenvalue weighted by molar-refractivity contribution is 7.92. The number of hydrogen-bond acceptors (Lipinski definition) is 4. The van der Waals surface area contributed by atoms with Gasteiger partial charge in [-0.25, -0.2) is 8.42 Å². The lowest BCUT2D eigenvalue weighted by Gasteiger charge is -2.34. The monoisotopic (exact) mass is 569 g/mol. The van der Waals surface area contributed by atoms with Gasteiger partial charge in [0.05, 0.1) is 11.9 Å². The van der Waals surface area contributed by atoms with Crippen molar-refractivity contribution >= 4 is 39.1 Å². The Kier molecular flexibility index (Phi) is 10.2. The minimum atomic E-state index is -3.82. The normalized spacial score (nSPS) is 12.2. The Morgan fingerprint density at radius 2 is 1.56 bits per heavy atom. The number of nitrogens with one attached hydrogen (secondary N) is 1. The van der Waals surface area contributed by atoms with Crippen molar-refractivity contribution in [3.8, 4) is 0 Å². The summed E-state index contributed by atoms with van der Waals surface area (Å²) < 4.78 is 27.0. The molecule has 0 bridgehead atoms. The summed E-state index contributed by atoms with van der Waals surface area (Å²) in [7, 11) is -3.82. The smallest absolute Gasteiger partial charge is 0.244 e. The molecule has 0 aliphatic carbocycles. The number of carbonyl (C=O) groups is 2. The molecule has 1 unspecified atom stereocenters. The molecule has 0 saturated heterocycles. The molecule has 1 atom stereocenters. The summed E-state index contributed by atoms with van der Waals surface area (Å²) in [6, 6.07) is 20.9. The van der Waals surface area contributed by atoms with Crippen molar-refractivity contribution in [1.82, 2.24) is 10.2 Å². The first-order valence-electron chi connectivity index (χ1n) is 12.8. The van der Waals surface area contributed by atoms with Gasteiger partial charge in [0.2, 0.25) is 21.8 Å². The fraction of sp³-hybridized carbons (Fsp3) is 0.333. The van der Waals surface area contributed by atoms with Gasteiger partial charge in [-0.15, -0.1) is 0 Å². The standard InChI is InChI=1S/C30H36ClN3O4S/c1-21(2)32-30(36)28(18-24-9-7-6-8-10-24)33(19-25-13-15-26(31)16-14-25)29(35)20-34(39(5,37)38)27-17-22(3)11-12-23(27)4/h6-17,21,28H,18-20H2,1-5H3,(H,32,36). The van der Waals surface area contributed by atoms with Gasteiger partial charge in [-0.3, -0.25) is 13.9 Å². The molecule has 0 aliphatic heterocycles. The SMILES string of the molecule is Cc1ccc(C)c(N(CC(=O)N(Cc2ccc(Cl)cc2)C(Cc2ccccc2)C(=O)NC(C)C)S(C)(=O)=O)c1. The van der Waals surface area contributed by atoms with E-state index in [0.29, 0.717) is 10.7 Å². The molecule has 3 rings (SSSR count). The molecule has 0 aliphatic rings. The number of benzene rings is 3. The van der Waals surface area contributed by atoms with Crippen molar-refractivity contribution in [2.45, 2.75) is 52.7 Å². The number of carbonyl (C=O) groups excluding carboxylic acids is 2. The Bertz CT molecular complexity index is 1390. The Labute approximate surface area is 236 Å². The number of anilines is 1. The number of nitrogens with zero attached hydrogens (tertiary/aromatic N) is 2. The molecule has 9 heteroatoms. The van der Waals surface area contributed by atoms with Crippen molar-refractivity contribution in [3.05, 3.63) is 100 Å². The van der Waals surface area contributed by atoms with E-state index in [-0.39, 0.29) is 24.9 Å². The van der Waals surface area contributed by atoms with Crippen LogP contribution in [0.1, 0.15) is 36.1 Å². The molecule has 1 N–H and O–H groups in total. The molecule has 208 valence electrons. The molecule has 0 aromatic heterocycles. The van der Waals surface area contributed by atoms with Gasteiger partial charge in [0.15, 0.2) is 0 Å². The molecule has 0 radical (unpaired) electrons. The third-order valence-corrected chi connectivity index (χ3v) is 7.66. The zero-order chi connectivity index (χ0) is 28.7. The number of hydrogen-bond donors (Lipinski definition) is 1. The van der Waals surface area contributed by atoms with Crippen LogP contribution in [-0.2, 0) is 32.6 Å². The van der Waals surface area contributed by atoms with Crippen molar-refractivity contribution in [3.63, 3.8) is 0 Å². The van der Waals surface area contributed by atoms with E-state index in [1.54, 1.807) is 37.3 Å². The topological polar surface area (TPSA) is 86.8 Å². The third-order valence-electron chi connectivity index (χ3n) is 6.28. The summed E-state index contributed by atoms with van der Waals surface area (Å²) in [4.78, 5) is 29.1. The molecular formula is C30H36ClN3O4S. The van der Waals surface area contributed by atoms with Crippen LogP contribution >= 0.6 is 11.6 Å². The Balaban J connectivity index is 2.07. The summed E-state index contributed by atoms with van der Waals surface area (Å²) in [6.45, 7) is 7.03. The van der Waals surface area contributed by atoms with Crippen LogP contribution in [0, 0.1) is 13.8 Å². The van der Waals surface area contributed by atoms with Crippen LogP contribution in [0.15, 0.2) is 72.8 Å². The van der Waals surface area contributed by atoms with E-state index in [0.717, 1.165) is 32.8 Å². The van der Waals surface area contributed by atoms with Crippen LogP contribution < -0.4 is 9.62 Å². The predicted octanol–water partition coefficient (Wildman–Crippen LogP) is 4.89. The first kappa shape index (κ1) is 30.2. The number of rotatable bonds is 11. The fourth-order valence-corrected chi connectivity index (χ4v) is 5.33. The van der Waals surface area contributed by atoms with Crippen LogP contribution in [0.2, 0.25) is 5.02 Å². The molecule has 0 spiro atoms. The van der Waals surface area contributed by atoms with Gasteiger partial charge < -0.3 is 10.2 Å². The number of sulfonamides is 1. The maximum atomic E-state index is 14.1. The van der Waals surface area contributed by atoms with Crippen LogP contribution in [-0.4, -0.2) is 50.0 Å². The first-order chi connectivity index (χ1) is 18.3. The fourth-order valence-electron chi connectivity index (χ4n) is 4.30. The molecular weight excluding hydrogens is 534 g/mol. The van der Waals surface area contributed by atoms with E-state index in [1.165, 1.54) is 4.90 Å². The van der Waals surface area contributed by atoms with Gasteiger partial charge in [0, 0.05) is 24.0 Å². The summed E-state index contributed by atoms with van der Waals surface area (Å²) in [5, 5.41) is 3.49. The highest BCUT2D eigenvalue weighted by Crippen LogP contribution is 2.25. The van der Waals surface area contributed by atoms with Crippen molar-refractivity contribution < 1.29 is 18.0 Å². The van der Waals surface area contributed by atoms with Gasteiger partial charge in [0.1, 0.15) is 12.6 Å². The minimum absolute atomic E-state index is 0.101. The second-order valence-corrected chi connectivity index (χ2v) is 12.4. The molecule has 0 fully saturated rings. The van der Waals surface area contributed by atoms with Crippen molar-refractivity contribution in [1.29, 1.82) is 0 Å². The van der Waals surface area contributed by atoms with Crippen LogP contribution in [0.25, 0.3) is 0 Å². The lowest BCUT2D eigenvalue weighted by Crippen LogP contribution is -2.54. The van der Waals surface area contributed by atoms with E-state index < -0.39 is 28.5 Å². The van der Waals surface area contributed by atoms with Gasteiger partial charge in [-0.1, -0.05) is 66.2 Å². The number of amides is 2. The second-order valence-electron chi connectivity index (χ2n) is 10.1. The predicted molar refractivity (Wildman–Crippen MR) is 157 cm³/mol. The van der Waals surface area contributed by atoms with Gasteiger partial charge in [0.25, 0.3) is 0 Å². The highest BCUT2D eigenvalue weighted by Gasteiger charge is 2.33. The van der Waals surface area contributed by atoms with Crippen molar-refractivity contribution in [2.24, 2.45) is 0 Å². The molecule has 2 amide bonds. The lowest BCUT2D eigenvalue weighted by atomic mass is 10.0. The van der Waals surface area contributed by atoms with Gasteiger partial charge in [-0.2, -0.15) is 0 Å². The van der Waals surface area contributed by atoms with Gasteiger partial charge in [-0.05, 0) is 68.1 Å². The van der Waals surface area contributed by atoms with Crippen LogP contribution in [0.4, 0.5) is 5.69 Å². The van der Waals surface area contributed by atoms with Crippen LogP contribution in [0.5, 0.6) is 0 Å². The zero-order valence-electron chi connectivity index (χ0n) is 23.0. The van der Waals surface area contributed by atoms with E-state index >= 15 is 0 Å². The summed E-state index contributed by atoms with van der Waals surface area (Å²) in [5.74, 6) is -0.801. The van der Waals surface area contributed by atoms with E-state index in [1.807, 2.05) is 63.2 Å². The summed E-state index contributed by atoms with van der Waals surface area (Å²) in [6.07, 6.45) is 1.35. The molecule has 0 saturated carbocycles. The third kappa shape index (κ3) is 8.57. The zero-order valence-corrected chi connectivity index (χ0v) is 24.6. The van der Waals surface area contributed by atoms with Crippen LogP contribution in [0.3, 0.4) is 0 Å². The molecule has 0 heterocycles. The summed E-state index contributed by atoms with van der Waals surface area (Å²) >= 11 is 6.08. The number of halogens is 1. The van der Waals surface area contributed by atoms with E-state index in [2.05, 4.69) is 5.32 Å². The lowest BCUT2D eigenvalue weighted by molar-refractivity contribution is -0.140. The Morgan fingerprint density at radius 3 is 2.15 bits per heavy atom. The molecule has 3 aromatic rings. The molecule has 39 heavy (non-hydrogen) atoms. The first-order valence-corrected chi connectivity index (χ1v) is 15.0. The second kappa shape index (κ2) is 13.1. The maximum Gasteiger partial charge on any atom is 0.244 e. The maximum absolute atomic E-state index is 14.1. The minimum Gasteiger partial charge on any atom is -0.352 e. The quantitative estimate of drug-likeness (QED) is 0.356. The highest BCUT2D eigenvalue weighted by atomic mass is 35.5. The average molecular weight is 570 g/mol. The summed E-state index contributed by atoms with van der Waals surface area (Å²) in [5.41, 5.74) is 3.67. The van der Waals surface area contributed by atoms with E-state index in [4.69, 9.17) is 11.6 Å².